The van der Waals surface area contributed by atoms with Crippen LogP contribution in [-0.2, 0) is 16.6 Å². The number of halogens is 1. The Morgan fingerprint density at radius 3 is 2.81 bits per heavy atom. The minimum Gasteiger partial charge on any atom is -0.313 e. The minimum absolute atomic E-state index is 0.100. The topological polar surface area (TPSA) is 49.4 Å². The molecule has 4 nitrogen and oxygen atoms in total. The van der Waals surface area contributed by atoms with E-state index in [4.69, 9.17) is 11.6 Å². The molecule has 1 atom stereocenters. The van der Waals surface area contributed by atoms with Crippen LogP contribution in [0, 0.1) is 0 Å². The third-order valence-corrected chi connectivity index (χ3v) is 6.39. The van der Waals surface area contributed by atoms with E-state index in [0.717, 1.165) is 31.4 Å². The first-order chi connectivity index (χ1) is 10.0. The molecule has 1 N–H and O–H groups in total. The summed E-state index contributed by atoms with van der Waals surface area (Å²) in [5, 5.41) is 3.50. The van der Waals surface area contributed by atoms with Gasteiger partial charge in [-0.25, -0.2) is 8.42 Å². The summed E-state index contributed by atoms with van der Waals surface area (Å²) in [6, 6.07) is 5.35. The highest BCUT2D eigenvalue weighted by atomic mass is 35.5. The molecule has 118 valence electrons. The predicted octanol–water partition coefficient (Wildman–Crippen LogP) is 3.01. The van der Waals surface area contributed by atoms with Crippen LogP contribution < -0.4 is 5.32 Å². The average Bonchev–Trinajstić information content (AvgIpc) is 2.95. The van der Waals surface area contributed by atoms with Crippen LogP contribution in [0.4, 0.5) is 0 Å². The Balaban J connectivity index is 2.34. The Hall–Kier alpha value is -0.620. The first kappa shape index (κ1) is 16.7. The average molecular weight is 331 g/mol. The van der Waals surface area contributed by atoms with Gasteiger partial charge in [-0.1, -0.05) is 31.5 Å². The van der Waals surface area contributed by atoms with E-state index in [9.17, 15) is 8.42 Å². The maximum Gasteiger partial charge on any atom is 0.244 e. The van der Waals surface area contributed by atoms with Gasteiger partial charge in [-0.15, -0.1) is 0 Å². The highest BCUT2D eigenvalue weighted by Crippen LogP contribution is 2.31. The fourth-order valence-corrected chi connectivity index (χ4v) is 5.08. The lowest BCUT2D eigenvalue weighted by Gasteiger charge is -2.23. The van der Waals surface area contributed by atoms with Crippen LogP contribution in [0.25, 0.3) is 0 Å². The van der Waals surface area contributed by atoms with Crippen molar-refractivity contribution in [3.63, 3.8) is 0 Å². The lowest BCUT2D eigenvalue weighted by Crippen LogP contribution is -2.35. The van der Waals surface area contributed by atoms with Gasteiger partial charge < -0.3 is 5.32 Å². The van der Waals surface area contributed by atoms with Crippen LogP contribution in [0.1, 0.15) is 38.7 Å². The van der Waals surface area contributed by atoms with Gasteiger partial charge in [0.05, 0.1) is 5.02 Å². The van der Waals surface area contributed by atoms with Crippen molar-refractivity contribution in [2.45, 2.75) is 50.6 Å². The normalized spacial score (nSPS) is 20.0. The van der Waals surface area contributed by atoms with Crippen LogP contribution in [0.5, 0.6) is 0 Å². The number of rotatable bonds is 6. The molecule has 0 aromatic heterocycles. The van der Waals surface area contributed by atoms with Crippen molar-refractivity contribution in [2.75, 3.05) is 13.1 Å². The molecule has 0 bridgehead atoms. The van der Waals surface area contributed by atoms with E-state index in [0.29, 0.717) is 18.1 Å². The van der Waals surface area contributed by atoms with Gasteiger partial charge in [0, 0.05) is 19.1 Å². The van der Waals surface area contributed by atoms with Gasteiger partial charge in [-0.2, -0.15) is 4.31 Å². The summed E-state index contributed by atoms with van der Waals surface area (Å²) in [7, 11) is -3.50. The summed E-state index contributed by atoms with van der Waals surface area (Å²) in [5.41, 5.74) is 0.937. The fraction of sp³-hybridized carbons (Fsp3) is 0.600. The van der Waals surface area contributed by atoms with E-state index in [1.54, 1.807) is 16.4 Å². The molecule has 0 saturated carbocycles. The van der Waals surface area contributed by atoms with Gasteiger partial charge in [0.2, 0.25) is 10.0 Å². The zero-order valence-corrected chi connectivity index (χ0v) is 14.2. The molecule has 1 aromatic carbocycles. The number of benzene rings is 1. The molecule has 1 unspecified atom stereocenters. The molecule has 1 fully saturated rings. The second-order valence-corrected chi connectivity index (χ2v) is 7.63. The first-order valence-electron chi connectivity index (χ1n) is 7.51. The van der Waals surface area contributed by atoms with E-state index >= 15 is 0 Å². The molecular weight excluding hydrogens is 308 g/mol. The molecule has 1 heterocycles. The molecule has 1 aliphatic rings. The smallest absolute Gasteiger partial charge is 0.244 e. The molecule has 1 aromatic rings. The first-order valence-corrected chi connectivity index (χ1v) is 9.33. The lowest BCUT2D eigenvalue weighted by atomic mass is 10.2. The largest absolute Gasteiger partial charge is 0.313 e. The van der Waals surface area contributed by atoms with Gasteiger partial charge in [0.25, 0.3) is 0 Å². The number of sulfonamides is 1. The van der Waals surface area contributed by atoms with E-state index in [2.05, 4.69) is 5.32 Å². The maximum atomic E-state index is 12.9. The van der Waals surface area contributed by atoms with Crippen molar-refractivity contribution in [1.82, 2.24) is 9.62 Å². The van der Waals surface area contributed by atoms with Crippen molar-refractivity contribution in [3.8, 4) is 0 Å². The van der Waals surface area contributed by atoms with Crippen molar-refractivity contribution >= 4 is 21.6 Å². The Morgan fingerprint density at radius 2 is 2.14 bits per heavy atom. The number of hydrogen-bond acceptors (Lipinski definition) is 3. The van der Waals surface area contributed by atoms with Gasteiger partial charge in [0.15, 0.2) is 0 Å². The van der Waals surface area contributed by atoms with Crippen LogP contribution in [0.15, 0.2) is 23.1 Å². The summed E-state index contributed by atoms with van der Waals surface area (Å²) in [4.78, 5) is 0.236. The maximum absolute atomic E-state index is 12.9. The summed E-state index contributed by atoms with van der Waals surface area (Å²) in [5.74, 6) is 0. The number of nitrogens with one attached hydrogen (secondary N) is 1. The fourth-order valence-electron chi connectivity index (χ4n) is 2.78. The quantitative estimate of drug-likeness (QED) is 0.872. The monoisotopic (exact) mass is 330 g/mol. The zero-order chi connectivity index (χ0) is 15.5. The van der Waals surface area contributed by atoms with Crippen molar-refractivity contribution in [2.24, 2.45) is 0 Å². The molecule has 6 heteroatoms. The molecule has 0 amide bonds. The number of hydrogen-bond donors (Lipinski definition) is 1. The Morgan fingerprint density at radius 1 is 1.38 bits per heavy atom. The second kappa shape index (κ2) is 7.09. The predicted molar refractivity (Wildman–Crippen MR) is 86.0 cm³/mol. The van der Waals surface area contributed by atoms with E-state index in [1.807, 2.05) is 19.9 Å². The van der Waals surface area contributed by atoms with Crippen LogP contribution in [0.2, 0.25) is 5.02 Å². The van der Waals surface area contributed by atoms with Gasteiger partial charge >= 0.3 is 0 Å². The summed E-state index contributed by atoms with van der Waals surface area (Å²) in [6.45, 7) is 6.13. The highest BCUT2D eigenvalue weighted by Gasteiger charge is 2.35. The van der Waals surface area contributed by atoms with E-state index < -0.39 is 10.0 Å². The number of nitrogens with zero attached hydrogens (tertiary/aromatic N) is 1. The summed E-state index contributed by atoms with van der Waals surface area (Å²) < 4.78 is 27.4. The molecule has 0 radical (unpaired) electrons. The molecular formula is C15H23ClN2O2S. The van der Waals surface area contributed by atoms with E-state index in [-0.39, 0.29) is 10.9 Å². The molecule has 1 saturated heterocycles. The molecule has 2 rings (SSSR count). The van der Waals surface area contributed by atoms with E-state index in [1.165, 1.54) is 0 Å². The highest BCUT2D eigenvalue weighted by molar-refractivity contribution is 7.89. The van der Waals surface area contributed by atoms with Crippen molar-refractivity contribution < 1.29 is 8.42 Å². The SMILES string of the molecule is CCNCc1ccc(Cl)c(S(=O)(=O)N2CCCC2CC)c1. The molecule has 1 aliphatic heterocycles. The Kier molecular flexibility index (Phi) is 5.66. The summed E-state index contributed by atoms with van der Waals surface area (Å²) in [6.07, 6.45) is 2.70. The van der Waals surface area contributed by atoms with Crippen LogP contribution >= 0.6 is 11.6 Å². The van der Waals surface area contributed by atoms with Gasteiger partial charge in [-0.05, 0) is 43.5 Å². The molecule has 0 aliphatic carbocycles. The summed E-state index contributed by atoms with van der Waals surface area (Å²) >= 11 is 6.16. The van der Waals surface area contributed by atoms with Crippen molar-refractivity contribution in [3.05, 3.63) is 28.8 Å². The van der Waals surface area contributed by atoms with Gasteiger partial charge in [0.1, 0.15) is 4.90 Å². The Labute approximate surface area is 132 Å². The zero-order valence-electron chi connectivity index (χ0n) is 12.6. The van der Waals surface area contributed by atoms with Crippen LogP contribution in [-0.4, -0.2) is 31.9 Å². The molecule has 21 heavy (non-hydrogen) atoms. The Bertz CT molecular complexity index is 589. The third kappa shape index (κ3) is 3.59. The third-order valence-electron chi connectivity index (χ3n) is 3.96. The van der Waals surface area contributed by atoms with Gasteiger partial charge in [-0.3, -0.25) is 0 Å². The lowest BCUT2D eigenvalue weighted by molar-refractivity contribution is 0.379. The molecule has 0 spiro atoms. The van der Waals surface area contributed by atoms with Crippen molar-refractivity contribution in [1.29, 1.82) is 0 Å². The minimum atomic E-state index is -3.50. The second-order valence-electron chi connectivity index (χ2n) is 5.37. The van der Waals surface area contributed by atoms with Crippen LogP contribution in [0.3, 0.4) is 0 Å². The standard InChI is InChI=1S/C15H23ClN2O2S/c1-3-13-6-5-9-18(13)21(19,20)15-10-12(11-17-4-2)7-8-14(15)16/h7-8,10,13,17H,3-6,9,11H2,1-2H3.